The Hall–Kier alpha value is -5.26. The molecule has 0 aliphatic carbocycles. The number of esters is 3. The summed E-state index contributed by atoms with van der Waals surface area (Å²) in [6.07, 6.45) is -1.02. The van der Waals surface area contributed by atoms with E-state index in [0.29, 0.717) is 0 Å². The fourth-order valence-electron chi connectivity index (χ4n) is 2.31. The van der Waals surface area contributed by atoms with Crippen LogP contribution in [0.15, 0.2) is 51.8 Å². The standard InChI is InChI=1S/C18H13N7O8/c19-24-21-9-1-3-11(13(26)7-9)17(29)32-15(23-31)5-6-16(28)33-18(30)12-4-2-10(22-25-20)8-14(12)27/h1-4,7-8,26-27,31H,5-6H2/b23-15-. The van der Waals surface area contributed by atoms with Crippen molar-refractivity contribution in [2.45, 2.75) is 12.8 Å². The maximum atomic E-state index is 12.1. The van der Waals surface area contributed by atoms with Crippen LogP contribution in [0.5, 0.6) is 11.5 Å². The second-order valence-electron chi connectivity index (χ2n) is 5.93. The molecule has 0 atom stereocenters. The molecule has 2 rings (SSSR count). The minimum absolute atomic E-state index is 0.0296. The average Bonchev–Trinajstić information content (AvgIpc) is 2.77. The van der Waals surface area contributed by atoms with Gasteiger partial charge in [0.1, 0.15) is 22.6 Å². The smallest absolute Gasteiger partial charge is 0.349 e. The van der Waals surface area contributed by atoms with Crippen LogP contribution in [0, 0.1) is 0 Å². The van der Waals surface area contributed by atoms with Crippen LogP contribution in [0.4, 0.5) is 11.4 Å². The van der Waals surface area contributed by atoms with Gasteiger partial charge in [0.25, 0.3) is 0 Å². The summed E-state index contributed by atoms with van der Waals surface area (Å²) in [5.41, 5.74) is 16.1. The second-order valence-corrected chi connectivity index (χ2v) is 5.93. The zero-order chi connectivity index (χ0) is 24.4. The largest absolute Gasteiger partial charge is 0.507 e. The Balaban J connectivity index is 1.95. The Kier molecular flexibility index (Phi) is 8.16. The van der Waals surface area contributed by atoms with E-state index in [-0.39, 0.29) is 22.5 Å². The number of oxime groups is 1. The zero-order valence-electron chi connectivity index (χ0n) is 16.4. The molecule has 2 aromatic rings. The highest BCUT2D eigenvalue weighted by Gasteiger charge is 2.20. The van der Waals surface area contributed by atoms with Crippen LogP contribution in [-0.2, 0) is 14.3 Å². The third-order valence-corrected chi connectivity index (χ3v) is 3.79. The van der Waals surface area contributed by atoms with Gasteiger partial charge < -0.3 is 24.9 Å². The number of rotatable bonds is 7. The molecule has 0 amide bonds. The molecule has 0 aromatic heterocycles. The lowest BCUT2D eigenvalue weighted by atomic mass is 10.2. The first kappa shape index (κ1) is 24.0. The Labute approximate surface area is 183 Å². The summed E-state index contributed by atoms with van der Waals surface area (Å²) in [5.74, 6) is -5.22. The van der Waals surface area contributed by atoms with E-state index in [0.717, 1.165) is 24.3 Å². The predicted octanol–water partition coefficient (Wildman–Crippen LogP) is 4.09. The van der Waals surface area contributed by atoms with Gasteiger partial charge >= 0.3 is 17.9 Å². The number of phenols is 2. The third kappa shape index (κ3) is 6.62. The Morgan fingerprint density at radius 2 is 1.30 bits per heavy atom. The molecule has 0 saturated heterocycles. The summed E-state index contributed by atoms with van der Waals surface area (Å²) < 4.78 is 9.35. The summed E-state index contributed by atoms with van der Waals surface area (Å²) in [4.78, 5) is 41.1. The lowest BCUT2D eigenvalue weighted by Crippen LogP contribution is -2.17. The first-order valence-electron chi connectivity index (χ1n) is 8.73. The Morgan fingerprint density at radius 1 is 0.818 bits per heavy atom. The number of hydrogen-bond donors (Lipinski definition) is 3. The van der Waals surface area contributed by atoms with Crippen molar-refractivity contribution in [3.63, 3.8) is 0 Å². The predicted molar refractivity (Wildman–Crippen MR) is 108 cm³/mol. The molecule has 33 heavy (non-hydrogen) atoms. The van der Waals surface area contributed by atoms with Crippen molar-refractivity contribution in [3.8, 4) is 11.5 Å². The average molecular weight is 455 g/mol. The van der Waals surface area contributed by atoms with E-state index in [2.05, 4.69) is 29.9 Å². The van der Waals surface area contributed by atoms with Crippen molar-refractivity contribution in [1.29, 1.82) is 0 Å². The van der Waals surface area contributed by atoms with Gasteiger partial charge in [-0.1, -0.05) is 27.5 Å². The fourth-order valence-corrected chi connectivity index (χ4v) is 2.31. The molecule has 15 heteroatoms. The molecule has 168 valence electrons. The maximum absolute atomic E-state index is 12.1. The minimum atomic E-state index is -1.20. The number of aromatic hydroxyl groups is 2. The second kappa shape index (κ2) is 11.2. The van der Waals surface area contributed by atoms with Gasteiger partial charge in [-0.05, 0) is 35.3 Å². The number of hydrogen-bond acceptors (Lipinski definition) is 11. The first-order valence-corrected chi connectivity index (χ1v) is 8.73. The van der Waals surface area contributed by atoms with E-state index in [4.69, 9.17) is 21.0 Å². The SMILES string of the molecule is [N-]=[N+]=Nc1ccc(C(=O)OC(=O)CC/C(=N/O)OC(=O)c2ccc(N=[N+]=[N-])cc2O)c(O)c1. The molecular formula is C18H13N7O8. The molecule has 15 nitrogen and oxygen atoms in total. The van der Waals surface area contributed by atoms with E-state index >= 15 is 0 Å². The monoisotopic (exact) mass is 455 g/mol. The zero-order valence-corrected chi connectivity index (χ0v) is 16.4. The first-order chi connectivity index (χ1) is 15.8. The Bertz CT molecular complexity index is 1230. The van der Waals surface area contributed by atoms with Gasteiger partial charge in [0.2, 0.25) is 5.90 Å². The van der Waals surface area contributed by atoms with Gasteiger partial charge in [-0.3, -0.25) is 4.79 Å². The highest BCUT2D eigenvalue weighted by atomic mass is 16.6. The van der Waals surface area contributed by atoms with E-state index in [1.54, 1.807) is 0 Å². The van der Waals surface area contributed by atoms with Gasteiger partial charge in [-0.15, -0.1) is 0 Å². The summed E-state index contributed by atoms with van der Waals surface area (Å²) in [6.45, 7) is 0. The van der Waals surface area contributed by atoms with Crippen molar-refractivity contribution in [3.05, 3.63) is 68.4 Å². The van der Waals surface area contributed by atoms with Crippen molar-refractivity contribution >= 4 is 35.2 Å². The van der Waals surface area contributed by atoms with E-state index < -0.39 is 48.1 Å². The lowest BCUT2D eigenvalue weighted by Gasteiger charge is -2.08. The van der Waals surface area contributed by atoms with Crippen molar-refractivity contribution in [2.24, 2.45) is 15.4 Å². The molecule has 0 aliphatic rings. The van der Waals surface area contributed by atoms with Crippen molar-refractivity contribution in [2.75, 3.05) is 0 Å². The maximum Gasteiger partial charge on any atom is 0.349 e. The van der Waals surface area contributed by atoms with Crippen molar-refractivity contribution in [1.82, 2.24) is 0 Å². The summed E-state index contributed by atoms with van der Waals surface area (Å²) >= 11 is 0. The topological polar surface area (TPSA) is 240 Å². The Morgan fingerprint density at radius 3 is 1.73 bits per heavy atom. The quantitative estimate of drug-likeness (QED) is 0.0630. The van der Waals surface area contributed by atoms with Gasteiger partial charge in [-0.25, -0.2) is 9.59 Å². The molecule has 0 radical (unpaired) electrons. The minimum Gasteiger partial charge on any atom is -0.507 e. The number of carbonyl (C=O) groups is 3. The summed E-state index contributed by atoms with van der Waals surface area (Å²) in [7, 11) is 0. The van der Waals surface area contributed by atoms with E-state index in [1.807, 2.05) is 0 Å². The number of ether oxygens (including phenoxy) is 2. The highest BCUT2D eigenvalue weighted by Crippen LogP contribution is 2.26. The number of carbonyl (C=O) groups excluding carboxylic acids is 3. The molecule has 0 saturated carbocycles. The van der Waals surface area contributed by atoms with Crippen LogP contribution in [0.2, 0.25) is 0 Å². The molecule has 0 bridgehead atoms. The lowest BCUT2D eigenvalue weighted by molar-refractivity contribution is -0.137. The van der Waals surface area contributed by atoms with Gasteiger partial charge in [-0.2, -0.15) is 0 Å². The summed E-state index contributed by atoms with van der Waals surface area (Å²) in [6, 6.07) is 6.61. The van der Waals surface area contributed by atoms with Gasteiger partial charge in [0.05, 0.1) is 6.42 Å². The molecule has 0 unspecified atom stereocenters. The van der Waals surface area contributed by atoms with Crippen LogP contribution >= 0.6 is 0 Å². The number of nitrogens with zero attached hydrogens (tertiary/aromatic N) is 7. The fraction of sp³-hybridized carbons (Fsp3) is 0.111. The van der Waals surface area contributed by atoms with Crippen LogP contribution in [0.3, 0.4) is 0 Å². The molecule has 2 aromatic carbocycles. The molecule has 3 N–H and O–H groups in total. The third-order valence-electron chi connectivity index (χ3n) is 3.79. The van der Waals surface area contributed by atoms with E-state index in [9.17, 15) is 24.6 Å². The molecule has 0 fully saturated rings. The highest BCUT2D eigenvalue weighted by molar-refractivity contribution is 6.02. The van der Waals surface area contributed by atoms with Crippen LogP contribution in [0.1, 0.15) is 33.6 Å². The van der Waals surface area contributed by atoms with Crippen LogP contribution < -0.4 is 0 Å². The molecule has 0 spiro atoms. The molecule has 0 heterocycles. The number of benzene rings is 2. The van der Waals surface area contributed by atoms with Gasteiger partial charge in [0, 0.05) is 27.6 Å². The molecular weight excluding hydrogens is 442 g/mol. The van der Waals surface area contributed by atoms with Crippen LogP contribution in [0.25, 0.3) is 20.9 Å². The summed E-state index contributed by atoms with van der Waals surface area (Å²) in [5, 5.41) is 37.8. The number of phenolic OH excluding ortho intramolecular Hbond substituents is 2. The van der Waals surface area contributed by atoms with E-state index in [1.165, 1.54) is 12.1 Å². The van der Waals surface area contributed by atoms with Gasteiger partial charge in [0.15, 0.2) is 0 Å². The van der Waals surface area contributed by atoms with Crippen molar-refractivity contribution < 1.29 is 39.3 Å². The normalized spacial score (nSPS) is 10.4. The number of azide groups is 2. The molecule has 0 aliphatic heterocycles. The van der Waals surface area contributed by atoms with Crippen LogP contribution in [-0.4, -0.2) is 39.2 Å².